The van der Waals surface area contributed by atoms with Gasteiger partial charge in [-0.3, -0.25) is 0 Å². The van der Waals surface area contributed by atoms with Gasteiger partial charge in [-0.05, 0) is 49.4 Å². The highest BCUT2D eigenvalue weighted by Gasteiger charge is 2.32. The highest BCUT2D eigenvalue weighted by atomic mass is 32.2. The summed E-state index contributed by atoms with van der Waals surface area (Å²) in [6.07, 6.45) is -5.99. The van der Waals surface area contributed by atoms with Crippen molar-refractivity contribution in [2.24, 2.45) is 0 Å². The van der Waals surface area contributed by atoms with Gasteiger partial charge in [0.25, 0.3) is 0 Å². The van der Waals surface area contributed by atoms with Gasteiger partial charge in [0, 0.05) is 14.1 Å². The Kier molecular flexibility index (Phi) is 6.43. The number of hydrogen-bond donors (Lipinski definition) is 1. The second kappa shape index (κ2) is 8.29. The van der Waals surface area contributed by atoms with Crippen molar-refractivity contribution in [2.75, 3.05) is 14.1 Å². The van der Waals surface area contributed by atoms with Crippen molar-refractivity contribution in [1.82, 2.24) is 4.31 Å². The molecule has 0 bridgehead atoms. The molecule has 0 aromatic heterocycles. The lowest BCUT2D eigenvalue weighted by atomic mass is 10.2. The van der Waals surface area contributed by atoms with Gasteiger partial charge in [0.2, 0.25) is 10.0 Å². The molecule has 2 aromatic carbocycles. The fourth-order valence-corrected chi connectivity index (χ4v) is 3.02. The summed E-state index contributed by atoms with van der Waals surface area (Å²) in [5.41, 5.74) is -1.02. The highest BCUT2D eigenvalue weighted by Crippen LogP contribution is 2.39. The number of halogens is 3. The number of benzene rings is 2. The molecular formula is C18H18F3NO6S. The summed E-state index contributed by atoms with van der Waals surface area (Å²) in [5.74, 6) is -1.85. The zero-order valence-corrected chi connectivity index (χ0v) is 16.4. The Balaban J connectivity index is 2.40. The summed E-state index contributed by atoms with van der Waals surface area (Å²) in [4.78, 5) is 10.9. The monoisotopic (exact) mass is 433 g/mol. The number of aliphatic carboxylic acids is 1. The lowest BCUT2D eigenvalue weighted by molar-refractivity contribution is -0.144. The van der Waals surface area contributed by atoms with E-state index in [0.29, 0.717) is 6.07 Å². The summed E-state index contributed by atoms with van der Waals surface area (Å²) in [6.45, 7) is 1.21. The predicted molar refractivity (Wildman–Crippen MR) is 96.6 cm³/mol. The molecule has 0 radical (unpaired) electrons. The Bertz CT molecular complexity index is 988. The normalized spacial score (nSPS) is 13.2. The SMILES string of the molecule is C[C@H](Oc1ccc(C(F)(F)F)cc1Oc1ccc(S(=O)(=O)N(C)C)cc1)C(=O)O. The molecule has 0 unspecified atom stereocenters. The third-order valence-corrected chi connectivity index (χ3v) is 5.58. The van der Waals surface area contributed by atoms with Crippen molar-refractivity contribution >= 4 is 16.0 Å². The van der Waals surface area contributed by atoms with E-state index >= 15 is 0 Å². The minimum absolute atomic E-state index is 0.0325. The van der Waals surface area contributed by atoms with Crippen LogP contribution in [-0.2, 0) is 21.0 Å². The fraction of sp³-hybridized carbons (Fsp3) is 0.278. The average molecular weight is 433 g/mol. The molecule has 2 aromatic rings. The lowest BCUT2D eigenvalue weighted by Crippen LogP contribution is -2.23. The van der Waals surface area contributed by atoms with Crippen LogP contribution in [0.15, 0.2) is 47.4 Å². The molecule has 2 rings (SSSR count). The van der Waals surface area contributed by atoms with Gasteiger partial charge in [-0.2, -0.15) is 13.2 Å². The molecule has 0 heterocycles. The smallest absolute Gasteiger partial charge is 0.416 e. The van der Waals surface area contributed by atoms with E-state index in [1.54, 1.807) is 0 Å². The zero-order valence-electron chi connectivity index (χ0n) is 15.6. The van der Waals surface area contributed by atoms with Crippen LogP contribution < -0.4 is 9.47 Å². The van der Waals surface area contributed by atoms with Crippen LogP contribution in [0.1, 0.15) is 12.5 Å². The first kappa shape index (κ1) is 22.5. The van der Waals surface area contributed by atoms with Gasteiger partial charge in [0.05, 0.1) is 10.5 Å². The lowest BCUT2D eigenvalue weighted by Gasteiger charge is -2.17. The largest absolute Gasteiger partial charge is 0.479 e. The van der Waals surface area contributed by atoms with E-state index in [1.165, 1.54) is 45.3 Å². The molecule has 1 N–H and O–H groups in total. The standard InChI is InChI=1S/C18H18F3NO6S/c1-11(17(23)24)27-15-9-4-12(18(19,20)21)10-16(15)28-13-5-7-14(8-6-13)29(25,26)22(2)3/h4-11H,1-3H3,(H,23,24)/t11-/m0/s1. The van der Waals surface area contributed by atoms with Crippen LogP contribution in [0.3, 0.4) is 0 Å². The van der Waals surface area contributed by atoms with Crippen molar-refractivity contribution in [2.45, 2.75) is 24.1 Å². The van der Waals surface area contributed by atoms with Crippen LogP contribution in [0, 0.1) is 0 Å². The average Bonchev–Trinajstić information content (AvgIpc) is 2.62. The van der Waals surface area contributed by atoms with Crippen molar-refractivity contribution in [1.29, 1.82) is 0 Å². The van der Waals surface area contributed by atoms with Crippen molar-refractivity contribution in [3.8, 4) is 17.2 Å². The summed E-state index contributed by atoms with van der Waals surface area (Å²) in [6, 6.07) is 7.37. The maximum Gasteiger partial charge on any atom is 0.416 e. The number of carboxylic acid groups (broad SMARTS) is 1. The molecule has 29 heavy (non-hydrogen) atoms. The Labute approximate surface area is 165 Å². The highest BCUT2D eigenvalue weighted by molar-refractivity contribution is 7.89. The number of carboxylic acids is 1. The van der Waals surface area contributed by atoms with E-state index < -0.39 is 33.8 Å². The fourth-order valence-electron chi connectivity index (χ4n) is 2.12. The number of sulfonamides is 1. The van der Waals surface area contributed by atoms with E-state index in [2.05, 4.69) is 0 Å². The minimum atomic E-state index is -4.65. The molecule has 0 fully saturated rings. The molecule has 0 amide bonds. The first-order valence-electron chi connectivity index (χ1n) is 8.13. The maximum absolute atomic E-state index is 13.0. The van der Waals surface area contributed by atoms with Gasteiger partial charge < -0.3 is 14.6 Å². The molecule has 0 saturated heterocycles. The maximum atomic E-state index is 13.0. The quantitative estimate of drug-likeness (QED) is 0.717. The van der Waals surface area contributed by atoms with E-state index in [1.807, 2.05) is 0 Å². The van der Waals surface area contributed by atoms with E-state index in [-0.39, 0.29) is 22.1 Å². The molecule has 0 spiro atoms. The molecule has 0 aliphatic rings. The molecule has 0 aliphatic carbocycles. The first-order chi connectivity index (χ1) is 13.3. The minimum Gasteiger partial charge on any atom is -0.479 e. The summed E-state index contributed by atoms with van der Waals surface area (Å²) < 4.78 is 74.8. The number of carbonyl (C=O) groups is 1. The van der Waals surface area contributed by atoms with Crippen LogP contribution in [0.25, 0.3) is 0 Å². The van der Waals surface area contributed by atoms with E-state index in [0.717, 1.165) is 16.4 Å². The topological polar surface area (TPSA) is 93.1 Å². The molecule has 0 aliphatic heterocycles. The van der Waals surface area contributed by atoms with E-state index in [4.69, 9.17) is 14.6 Å². The Morgan fingerprint density at radius 1 is 1.07 bits per heavy atom. The van der Waals surface area contributed by atoms with Gasteiger partial charge >= 0.3 is 12.1 Å². The molecular weight excluding hydrogens is 415 g/mol. The van der Waals surface area contributed by atoms with Crippen LogP contribution in [0.2, 0.25) is 0 Å². The first-order valence-corrected chi connectivity index (χ1v) is 9.57. The number of nitrogens with zero attached hydrogens (tertiary/aromatic N) is 1. The van der Waals surface area contributed by atoms with Gasteiger partial charge in [-0.15, -0.1) is 0 Å². The van der Waals surface area contributed by atoms with Crippen LogP contribution in [0.4, 0.5) is 13.2 Å². The molecule has 1 atom stereocenters. The molecule has 0 saturated carbocycles. The van der Waals surface area contributed by atoms with Crippen molar-refractivity contribution < 1.29 is 41.0 Å². The zero-order chi connectivity index (χ0) is 22.0. The Morgan fingerprint density at radius 3 is 2.14 bits per heavy atom. The molecule has 7 nitrogen and oxygen atoms in total. The van der Waals surface area contributed by atoms with E-state index in [9.17, 15) is 26.4 Å². The number of hydrogen-bond acceptors (Lipinski definition) is 5. The van der Waals surface area contributed by atoms with Gasteiger partial charge in [-0.25, -0.2) is 17.5 Å². The number of alkyl halides is 3. The summed E-state index contributed by atoms with van der Waals surface area (Å²) in [5, 5.41) is 8.95. The Morgan fingerprint density at radius 2 is 1.66 bits per heavy atom. The van der Waals surface area contributed by atoms with Gasteiger partial charge in [0.1, 0.15) is 5.75 Å². The second-order valence-electron chi connectivity index (χ2n) is 6.12. The van der Waals surface area contributed by atoms with Crippen LogP contribution in [-0.4, -0.2) is 44.0 Å². The van der Waals surface area contributed by atoms with Crippen molar-refractivity contribution in [3.63, 3.8) is 0 Å². The summed E-state index contributed by atoms with van der Waals surface area (Å²) in [7, 11) is -0.974. The number of rotatable bonds is 7. The molecule has 11 heteroatoms. The second-order valence-corrected chi connectivity index (χ2v) is 8.27. The third kappa shape index (κ3) is 5.39. The van der Waals surface area contributed by atoms with Crippen molar-refractivity contribution in [3.05, 3.63) is 48.0 Å². The van der Waals surface area contributed by atoms with Gasteiger partial charge in [-0.1, -0.05) is 0 Å². The predicted octanol–water partition coefficient (Wildman–Crippen LogP) is 3.60. The van der Waals surface area contributed by atoms with Gasteiger partial charge in [0.15, 0.2) is 17.6 Å². The van der Waals surface area contributed by atoms with Crippen LogP contribution >= 0.6 is 0 Å². The number of ether oxygens (including phenoxy) is 2. The summed E-state index contributed by atoms with van der Waals surface area (Å²) >= 11 is 0. The Hall–Kier alpha value is -2.79. The van der Waals surface area contributed by atoms with Crippen LogP contribution in [0.5, 0.6) is 17.2 Å². The molecule has 158 valence electrons. The third-order valence-electron chi connectivity index (χ3n) is 3.75.